The summed E-state index contributed by atoms with van der Waals surface area (Å²) < 4.78 is 0. The van der Waals surface area contributed by atoms with Crippen molar-refractivity contribution in [1.29, 1.82) is 0 Å². The van der Waals surface area contributed by atoms with E-state index >= 15 is 0 Å². The molecule has 3 aromatic rings. The Balaban J connectivity index is 0.000000639. The zero-order valence-corrected chi connectivity index (χ0v) is 36.3. The minimum absolute atomic E-state index is 0. The number of hydrogen-bond acceptors (Lipinski definition) is 6. The average Bonchev–Trinajstić information content (AvgIpc) is 3.18. The Morgan fingerprint density at radius 3 is 0.880 bits per heavy atom. The van der Waals surface area contributed by atoms with Gasteiger partial charge in [0.2, 0.25) is 0 Å². The van der Waals surface area contributed by atoms with Crippen LogP contribution >= 0.6 is 0 Å². The minimum Gasteiger partial charge on any atom is -0.377 e. The monoisotopic (exact) mass is 718 g/mol. The van der Waals surface area contributed by atoms with Crippen LogP contribution in [0.4, 0.5) is 17.1 Å². The maximum absolute atomic E-state index is 3.44. The van der Waals surface area contributed by atoms with Crippen LogP contribution in [-0.2, 0) is 41.4 Å². The molecule has 50 heavy (non-hydrogen) atoms. The first kappa shape index (κ1) is 47.1. The Morgan fingerprint density at radius 2 is 0.720 bits per heavy atom. The van der Waals surface area contributed by atoms with E-state index in [1.54, 1.807) is 0 Å². The van der Waals surface area contributed by atoms with Gasteiger partial charge in [0, 0.05) is 101 Å². The van der Waals surface area contributed by atoms with Crippen molar-refractivity contribution in [3.63, 3.8) is 0 Å². The molecule has 0 spiro atoms. The number of nitrogens with zero attached hydrogens (tertiary/aromatic N) is 6. The number of allylic oxidation sites excluding steroid dienone is 4. The fraction of sp³-hybridized carbons (Fsp3) is 0.488. The molecule has 0 aliphatic heterocycles. The van der Waals surface area contributed by atoms with Crippen LogP contribution in [0.15, 0.2) is 89.5 Å². The first-order chi connectivity index (χ1) is 22.8. The van der Waals surface area contributed by atoms with Crippen LogP contribution in [0.25, 0.3) is 0 Å². The number of hydrogen-bond donors (Lipinski definition) is 0. The molecule has 0 fully saturated rings. The minimum atomic E-state index is 0. The van der Waals surface area contributed by atoms with E-state index in [4.69, 9.17) is 0 Å². The van der Waals surface area contributed by atoms with Crippen LogP contribution in [0.5, 0.6) is 0 Å². The van der Waals surface area contributed by atoms with E-state index in [2.05, 4.69) is 227 Å². The molecule has 0 atom stereocenters. The van der Waals surface area contributed by atoms with Gasteiger partial charge in [0.15, 0.2) is 0 Å². The van der Waals surface area contributed by atoms with Crippen molar-refractivity contribution in [3.05, 3.63) is 112 Å². The summed E-state index contributed by atoms with van der Waals surface area (Å²) in [6.45, 7) is 13.9. The van der Waals surface area contributed by atoms with Crippen molar-refractivity contribution < 1.29 is 21.7 Å². The maximum atomic E-state index is 3.44. The molecule has 6 nitrogen and oxygen atoms in total. The zero-order chi connectivity index (χ0) is 37.5. The van der Waals surface area contributed by atoms with Gasteiger partial charge in [0.1, 0.15) is 0 Å². The Labute approximate surface area is 323 Å². The fourth-order valence-electron chi connectivity index (χ4n) is 5.67. The van der Waals surface area contributed by atoms with Crippen LogP contribution in [0.2, 0.25) is 0 Å². The molecule has 4 rings (SSSR count). The Bertz CT molecular complexity index is 1330. The summed E-state index contributed by atoms with van der Waals surface area (Å²) in [5.41, 5.74) is 12.4. The summed E-state index contributed by atoms with van der Waals surface area (Å²) in [5.74, 6) is 0. The molecule has 0 unspecified atom stereocenters. The summed E-state index contributed by atoms with van der Waals surface area (Å²) in [5, 5.41) is 0. The normalized spacial score (nSPS) is 12.9. The third kappa shape index (κ3) is 16.4. The molecule has 0 saturated carbocycles. The van der Waals surface area contributed by atoms with Gasteiger partial charge >= 0.3 is 0 Å². The Hall–Kier alpha value is -2.87. The molecule has 0 radical (unpaired) electrons. The summed E-state index contributed by atoms with van der Waals surface area (Å²) in [6, 6.07) is 25.5. The second kappa shape index (κ2) is 22.8. The number of anilines is 3. The van der Waals surface area contributed by atoms with Gasteiger partial charge in [-0.25, -0.2) is 5.57 Å². The molecule has 1 aliphatic rings. The first-order valence-electron chi connectivity index (χ1n) is 17.3. The van der Waals surface area contributed by atoms with E-state index in [0.29, 0.717) is 0 Å². The van der Waals surface area contributed by atoms with E-state index in [-0.39, 0.29) is 27.1 Å². The first-order valence-corrected chi connectivity index (χ1v) is 17.3. The average molecular weight is 718 g/mol. The van der Waals surface area contributed by atoms with Crippen molar-refractivity contribution in [3.8, 4) is 0 Å². The quantitative estimate of drug-likeness (QED) is 0.162. The fourth-order valence-corrected chi connectivity index (χ4v) is 5.67. The molecule has 0 amide bonds. The van der Waals surface area contributed by atoms with E-state index in [1.165, 1.54) is 50.5 Å². The summed E-state index contributed by atoms with van der Waals surface area (Å²) in [4.78, 5) is 13.0. The van der Waals surface area contributed by atoms with Crippen molar-refractivity contribution in [1.82, 2.24) is 14.7 Å². The van der Waals surface area contributed by atoms with Crippen LogP contribution in [-0.4, -0.2) is 99.3 Å². The predicted molar refractivity (Wildman–Crippen MR) is 219 cm³/mol. The van der Waals surface area contributed by atoms with E-state index in [9.17, 15) is 0 Å². The van der Waals surface area contributed by atoms with Crippen molar-refractivity contribution in [2.75, 3.05) is 99.3 Å². The number of para-hydroxylation sites is 3. The Kier molecular flexibility index (Phi) is 21.5. The van der Waals surface area contributed by atoms with Crippen LogP contribution < -0.4 is 14.7 Å². The molecule has 1 aliphatic carbocycles. The summed E-state index contributed by atoms with van der Waals surface area (Å²) in [7, 11) is 25.0. The molecular weight excluding hydrogens is 648 g/mol. The SMILES string of the molecule is CC1=[C-]C(C)(C)C(C)=C1C.CN(C)Cc1ccccc1N(C)C.CN(C)Cc1ccccc1N(C)C.CN(C)Cc1ccccc1N(C)C.[Ti]. The third-order valence-electron chi connectivity index (χ3n) is 8.44. The van der Waals surface area contributed by atoms with Gasteiger partial charge in [-0.3, -0.25) is 6.08 Å². The molecule has 7 heteroatoms. The molecule has 0 bridgehead atoms. The van der Waals surface area contributed by atoms with Crippen molar-refractivity contribution >= 4 is 17.1 Å². The third-order valence-corrected chi connectivity index (χ3v) is 8.44. The molecular formula is C43H69N6Ti-. The van der Waals surface area contributed by atoms with Crippen LogP contribution in [0, 0.1) is 11.5 Å². The van der Waals surface area contributed by atoms with Gasteiger partial charge in [-0.2, -0.15) is 11.1 Å². The van der Waals surface area contributed by atoms with E-state index in [1.807, 2.05) is 0 Å². The predicted octanol–water partition coefficient (Wildman–Crippen LogP) is 8.55. The standard InChI is InChI=1S/3C11H18N2.C10H15.Ti/c3*1-12(2)9-10-7-5-6-8-11(10)13(3)4;1-7-6-10(4,5)9(3)8(7)2;/h3*5-8H,9H2,1-4H3;1-5H3;/q;;;-1;. The van der Waals surface area contributed by atoms with Gasteiger partial charge < -0.3 is 29.4 Å². The molecule has 0 heterocycles. The van der Waals surface area contributed by atoms with Gasteiger partial charge in [-0.15, -0.1) is 6.92 Å². The van der Waals surface area contributed by atoms with Gasteiger partial charge in [-0.1, -0.05) is 87.7 Å². The molecule has 3 aromatic carbocycles. The van der Waals surface area contributed by atoms with Gasteiger partial charge in [0.25, 0.3) is 0 Å². The number of rotatable bonds is 9. The molecule has 276 valence electrons. The second-order valence-corrected chi connectivity index (χ2v) is 14.9. The smallest absolute Gasteiger partial charge is 0.0406 e. The summed E-state index contributed by atoms with van der Waals surface area (Å²) in [6.07, 6.45) is 3.44. The maximum Gasteiger partial charge on any atom is 0.0406 e. The topological polar surface area (TPSA) is 19.4 Å². The van der Waals surface area contributed by atoms with Crippen LogP contribution in [0.1, 0.15) is 51.3 Å². The molecule has 0 aromatic heterocycles. The van der Waals surface area contributed by atoms with Crippen molar-refractivity contribution in [2.45, 2.75) is 54.3 Å². The van der Waals surface area contributed by atoms with E-state index < -0.39 is 0 Å². The zero-order valence-electron chi connectivity index (χ0n) is 34.7. The van der Waals surface area contributed by atoms with Crippen molar-refractivity contribution in [2.24, 2.45) is 5.41 Å². The largest absolute Gasteiger partial charge is 0.377 e. The van der Waals surface area contributed by atoms with E-state index in [0.717, 1.165) is 19.6 Å². The molecule has 0 N–H and O–H groups in total. The van der Waals surface area contributed by atoms with Gasteiger partial charge in [-0.05, 0) is 77.2 Å². The van der Waals surface area contributed by atoms with Gasteiger partial charge in [0.05, 0.1) is 0 Å². The second-order valence-electron chi connectivity index (χ2n) is 14.9. The van der Waals surface area contributed by atoms with Crippen LogP contribution in [0.3, 0.4) is 0 Å². The summed E-state index contributed by atoms with van der Waals surface area (Å²) >= 11 is 0. The Morgan fingerprint density at radius 1 is 0.460 bits per heavy atom. The molecule has 0 saturated heterocycles. The number of benzene rings is 3.